The quantitative estimate of drug-likeness (QED) is 0.573. The second-order valence-corrected chi connectivity index (χ2v) is 6.81. The molecule has 0 unspecified atom stereocenters. The van der Waals surface area contributed by atoms with Crippen LogP contribution in [-0.4, -0.2) is 29.0 Å². The average Bonchev–Trinajstić information content (AvgIpc) is 3.01. The molecule has 0 spiro atoms. The molecule has 8 heteroatoms. The molecule has 0 fully saturated rings. The molecule has 0 amide bonds. The van der Waals surface area contributed by atoms with E-state index in [1.807, 2.05) is 29.8 Å². The highest BCUT2D eigenvalue weighted by Gasteiger charge is 2.14. The molecule has 0 saturated carbocycles. The first-order valence-corrected chi connectivity index (χ1v) is 9.08. The average molecular weight is 394 g/mol. The minimum Gasteiger partial charge on any atom is -0.493 e. The molecule has 1 heterocycles. The first-order chi connectivity index (χ1) is 12.5. The Hall–Kier alpha value is -2.25. The van der Waals surface area contributed by atoms with Gasteiger partial charge in [-0.25, -0.2) is 4.39 Å². The minimum atomic E-state index is -0.349. The van der Waals surface area contributed by atoms with Gasteiger partial charge in [-0.15, -0.1) is 10.2 Å². The van der Waals surface area contributed by atoms with Crippen molar-refractivity contribution < 1.29 is 13.9 Å². The lowest BCUT2D eigenvalue weighted by molar-refractivity contribution is 0.355. The number of halogens is 2. The maximum absolute atomic E-state index is 13.1. The van der Waals surface area contributed by atoms with Crippen molar-refractivity contribution in [3.63, 3.8) is 0 Å². The number of hydrogen-bond acceptors (Lipinski definition) is 5. The summed E-state index contributed by atoms with van der Waals surface area (Å²) in [6, 6.07) is 9.96. The van der Waals surface area contributed by atoms with Gasteiger partial charge in [-0.3, -0.25) is 0 Å². The monoisotopic (exact) mass is 393 g/mol. The lowest BCUT2D eigenvalue weighted by Gasteiger charge is -2.09. The van der Waals surface area contributed by atoms with E-state index in [9.17, 15) is 4.39 Å². The van der Waals surface area contributed by atoms with E-state index in [2.05, 4.69) is 10.2 Å². The van der Waals surface area contributed by atoms with Crippen LogP contribution in [0.15, 0.2) is 41.6 Å². The predicted octanol–water partition coefficient (Wildman–Crippen LogP) is 4.58. The van der Waals surface area contributed by atoms with Crippen molar-refractivity contribution in [1.82, 2.24) is 14.8 Å². The largest absolute Gasteiger partial charge is 0.493 e. The number of hydrogen-bond donors (Lipinski definition) is 0. The highest BCUT2D eigenvalue weighted by molar-refractivity contribution is 7.98. The van der Waals surface area contributed by atoms with Crippen LogP contribution in [0.2, 0.25) is 5.02 Å². The Morgan fingerprint density at radius 1 is 1.08 bits per heavy atom. The van der Waals surface area contributed by atoms with Gasteiger partial charge in [0.15, 0.2) is 22.5 Å². The first kappa shape index (κ1) is 18.5. The van der Waals surface area contributed by atoms with Gasteiger partial charge in [-0.05, 0) is 35.9 Å². The van der Waals surface area contributed by atoms with E-state index < -0.39 is 0 Å². The van der Waals surface area contributed by atoms with Gasteiger partial charge in [-0.1, -0.05) is 29.4 Å². The van der Waals surface area contributed by atoms with Crippen LogP contribution in [-0.2, 0) is 12.8 Å². The van der Waals surface area contributed by atoms with Gasteiger partial charge < -0.3 is 14.0 Å². The maximum Gasteiger partial charge on any atom is 0.191 e. The van der Waals surface area contributed by atoms with Crippen LogP contribution < -0.4 is 9.47 Å². The summed E-state index contributed by atoms with van der Waals surface area (Å²) in [5.74, 6) is 2.20. The van der Waals surface area contributed by atoms with Gasteiger partial charge >= 0.3 is 0 Å². The van der Waals surface area contributed by atoms with Crippen LogP contribution in [0.25, 0.3) is 11.4 Å². The van der Waals surface area contributed by atoms with E-state index in [4.69, 9.17) is 21.1 Å². The summed E-state index contributed by atoms with van der Waals surface area (Å²) in [6.45, 7) is 0. The summed E-state index contributed by atoms with van der Waals surface area (Å²) < 4.78 is 25.6. The number of ether oxygens (including phenoxy) is 2. The van der Waals surface area contributed by atoms with Crippen molar-refractivity contribution in [3.8, 4) is 22.9 Å². The van der Waals surface area contributed by atoms with Gasteiger partial charge in [0.25, 0.3) is 0 Å². The van der Waals surface area contributed by atoms with Crippen LogP contribution in [0.1, 0.15) is 5.56 Å². The normalized spacial score (nSPS) is 10.8. The van der Waals surface area contributed by atoms with Crippen LogP contribution in [0.4, 0.5) is 4.39 Å². The topological polar surface area (TPSA) is 49.2 Å². The molecule has 3 aromatic rings. The zero-order valence-corrected chi connectivity index (χ0v) is 16.1. The fourth-order valence-corrected chi connectivity index (χ4v) is 3.68. The van der Waals surface area contributed by atoms with E-state index in [1.54, 1.807) is 20.3 Å². The van der Waals surface area contributed by atoms with Crippen molar-refractivity contribution in [2.24, 2.45) is 7.05 Å². The Labute approximate surface area is 160 Å². The van der Waals surface area contributed by atoms with Crippen LogP contribution >= 0.6 is 23.4 Å². The van der Waals surface area contributed by atoms with Crippen LogP contribution in [0.3, 0.4) is 0 Å². The molecule has 1 aromatic heterocycles. The van der Waals surface area contributed by atoms with Crippen molar-refractivity contribution in [1.29, 1.82) is 0 Å². The molecule has 0 aliphatic heterocycles. The summed E-state index contributed by atoms with van der Waals surface area (Å²) in [6.07, 6.45) is 0. The number of benzene rings is 2. The van der Waals surface area contributed by atoms with E-state index >= 15 is 0 Å². The third-order valence-electron chi connectivity index (χ3n) is 3.85. The molecule has 0 saturated heterocycles. The van der Waals surface area contributed by atoms with E-state index in [1.165, 1.54) is 23.9 Å². The lowest BCUT2D eigenvalue weighted by atomic mass is 10.2. The molecule has 0 aliphatic carbocycles. The molecule has 26 heavy (non-hydrogen) atoms. The van der Waals surface area contributed by atoms with E-state index in [-0.39, 0.29) is 5.82 Å². The van der Waals surface area contributed by atoms with Gasteiger partial charge in [0.2, 0.25) is 0 Å². The summed E-state index contributed by atoms with van der Waals surface area (Å²) in [5, 5.41) is 9.64. The zero-order chi connectivity index (χ0) is 18.7. The second kappa shape index (κ2) is 7.97. The van der Waals surface area contributed by atoms with Crippen LogP contribution in [0.5, 0.6) is 11.5 Å². The van der Waals surface area contributed by atoms with Gasteiger partial charge in [0.05, 0.1) is 14.2 Å². The van der Waals surface area contributed by atoms with Crippen LogP contribution in [0, 0.1) is 5.82 Å². The second-order valence-electron chi connectivity index (χ2n) is 5.46. The van der Waals surface area contributed by atoms with Gasteiger partial charge in [0, 0.05) is 23.4 Å². The number of nitrogens with zero attached hydrogens (tertiary/aromatic N) is 3. The molecule has 2 aromatic carbocycles. The standard InChI is InChI=1S/C18H17ClFN3O2S/c1-23-17(11-5-7-15(24-2)16(8-11)25-3)21-22-18(23)26-10-12-4-6-13(20)9-14(12)19/h4-9H,10H2,1-3H3. The Kier molecular flexibility index (Phi) is 5.68. The number of rotatable bonds is 6. The number of methoxy groups -OCH3 is 2. The lowest BCUT2D eigenvalue weighted by Crippen LogP contribution is -1.97. The minimum absolute atomic E-state index is 0.349. The van der Waals surface area contributed by atoms with E-state index in [0.717, 1.165) is 16.3 Å². The molecular formula is C18H17ClFN3O2S. The van der Waals surface area contributed by atoms with Crippen molar-refractivity contribution in [3.05, 3.63) is 52.8 Å². The van der Waals surface area contributed by atoms with Crippen molar-refractivity contribution >= 4 is 23.4 Å². The number of thioether (sulfide) groups is 1. The zero-order valence-electron chi connectivity index (χ0n) is 14.5. The third-order valence-corrected chi connectivity index (χ3v) is 5.27. The van der Waals surface area contributed by atoms with Crippen molar-refractivity contribution in [2.45, 2.75) is 10.9 Å². The highest BCUT2D eigenvalue weighted by Crippen LogP contribution is 2.33. The Balaban J connectivity index is 1.82. The predicted molar refractivity (Wildman–Crippen MR) is 101 cm³/mol. The fraction of sp³-hybridized carbons (Fsp3) is 0.222. The molecule has 0 atom stereocenters. The maximum atomic E-state index is 13.1. The third kappa shape index (κ3) is 3.78. The smallest absolute Gasteiger partial charge is 0.191 e. The summed E-state index contributed by atoms with van der Waals surface area (Å²) in [4.78, 5) is 0. The molecule has 136 valence electrons. The van der Waals surface area contributed by atoms with Gasteiger partial charge in [0.1, 0.15) is 5.82 Å². The summed E-state index contributed by atoms with van der Waals surface area (Å²) >= 11 is 7.56. The number of aromatic nitrogens is 3. The summed E-state index contributed by atoms with van der Waals surface area (Å²) in [5.41, 5.74) is 1.71. The molecule has 0 N–H and O–H groups in total. The molecule has 0 bridgehead atoms. The SMILES string of the molecule is COc1ccc(-c2nnc(SCc3ccc(F)cc3Cl)n2C)cc1OC. The molecule has 5 nitrogen and oxygen atoms in total. The highest BCUT2D eigenvalue weighted by atomic mass is 35.5. The molecule has 0 aliphatic rings. The molecule has 0 radical (unpaired) electrons. The Morgan fingerprint density at radius 2 is 1.85 bits per heavy atom. The Bertz CT molecular complexity index is 933. The molecular weight excluding hydrogens is 377 g/mol. The van der Waals surface area contributed by atoms with Gasteiger partial charge in [-0.2, -0.15) is 0 Å². The summed E-state index contributed by atoms with van der Waals surface area (Å²) in [7, 11) is 5.07. The van der Waals surface area contributed by atoms with E-state index in [0.29, 0.717) is 28.1 Å². The first-order valence-electron chi connectivity index (χ1n) is 7.72. The molecule has 3 rings (SSSR count). The Morgan fingerprint density at radius 3 is 2.54 bits per heavy atom. The van der Waals surface area contributed by atoms with Crippen molar-refractivity contribution in [2.75, 3.05) is 14.2 Å². The fourth-order valence-electron chi connectivity index (χ4n) is 2.45.